The molecule has 25 heavy (non-hydrogen) atoms. The summed E-state index contributed by atoms with van der Waals surface area (Å²) in [7, 11) is -3.99. The molecule has 0 amide bonds. The maximum atomic E-state index is 12.6. The van der Waals surface area contributed by atoms with E-state index in [1.165, 1.54) is 11.7 Å². The van der Waals surface area contributed by atoms with Gasteiger partial charge in [0, 0.05) is 20.1 Å². The van der Waals surface area contributed by atoms with E-state index in [-0.39, 0.29) is 31.0 Å². The van der Waals surface area contributed by atoms with Gasteiger partial charge in [0.1, 0.15) is 6.29 Å². The van der Waals surface area contributed by atoms with Crippen molar-refractivity contribution in [1.29, 1.82) is 0 Å². The van der Waals surface area contributed by atoms with E-state index in [1.54, 1.807) is 0 Å². The minimum atomic E-state index is -4.02. The van der Waals surface area contributed by atoms with Crippen molar-refractivity contribution in [2.75, 3.05) is 23.5 Å². The first kappa shape index (κ1) is 19.6. The summed E-state index contributed by atoms with van der Waals surface area (Å²) in [6.45, 7) is -0.166. The lowest BCUT2D eigenvalue weighted by atomic mass is 9.79. The zero-order chi connectivity index (χ0) is 18.8. The van der Waals surface area contributed by atoms with Crippen LogP contribution in [0, 0.1) is 5.92 Å². The molecule has 1 aromatic rings. The number of carbonyl (C=O) groups is 1. The third-order valence-corrected chi connectivity index (χ3v) is 5.70. The molecule has 0 aliphatic carbocycles. The Morgan fingerprint density at radius 3 is 2.72 bits per heavy atom. The summed E-state index contributed by atoms with van der Waals surface area (Å²) in [6, 6.07) is 0. The van der Waals surface area contributed by atoms with E-state index in [9.17, 15) is 13.2 Å². The normalized spacial score (nSPS) is 24.4. The summed E-state index contributed by atoms with van der Waals surface area (Å²) in [5.74, 6) is -0.504. The third-order valence-electron chi connectivity index (χ3n) is 4.29. The van der Waals surface area contributed by atoms with Crippen molar-refractivity contribution in [2.45, 2.75) is 24.7 Å². The van der Waals surface area contributed by atoms with Gasteiger partial charge in [-0.1, -0.05) is 11.6 Å². The molecule has 2 heterocycles. The average molecular weight is 375 g/mol. The molecular formula is C11H22BN7O5S. The zero-order valence-electron chi connectivity index (χ0n) is 13.7. The summed E-state index contributed by atoms with van der Waals surface area (Å²) in [5.41, 5.74) is 10.3. The molecule has 0 aromatic carbocycles. The molecule has 0 unspecified atom stereocenters. The predicted octanol–water partition coefficient (Wildman–Crippen LogP) is -2.86. The lowest BCUT2D eigenvalue weighted by molar-refractivity contribution is -0.112. The topological polar surface area (TPSA) is 190 Å². The molecule has 1 fully saturated rings. The van der Waals surface area contributed by atoms with Gasteiger partial charge in [-0.15, -0.1) is 5.10 Å². The van der Waals surface area contributed by atoms with Crippen LogP contribution in [0.1, 0.15) is 12.8 Å². The highest BCUT2D eigenvalue weighted by Gasteiger charge is 2.47. The summed E-state index contributed by atoms with van der Waals surface area (Å²) in [4.78, 5) is 11.4. The van der Waals surface area contributed by atoms with E-state index in [2.05, 4.69) is 15.0 Å². The third kappa shape index (κ3) is 4.27. The molecule has 12 nitrogen and oxygen atoms in total. The summed E-state index contributed by atoms with van der Waals surface area (Å²) in [6.07, 6.45) is 1.44. The van der Waals surface area contributed by atoms with E-state index in [1.807, 2.05) is 0 Å². The van der Waals surface area contributed by atoms with Gasteiger partial charge in [0.15, 0.2) is 11.6 Å². The van der Waals surface area contributed by atoms with Gasteiger partial charge >= 0.3 is 17.3 Å². The number of nitrogens with two attached hydrogens (primary N) is 2. The van der Waals surface area contributed by atoms with Crippen LogP contribution < -0.4 is 16.2 Å². The largest absolute Gasteiger partial charge is 0.451 e. The van der Waals surface area contributed by atoms with Crippen molar-refractivity contribution in [3.63, 3.8) is 0 Å². The Kier molecular flexibility index (Phi) is 5.68. The number of rotatable bonds is 8. The number of hydrogen-bond acceptors (Lipinski definition) is 9. The molecule has 2 rings (SSSR count). The highest BCUT2D eigenvalue weighted by molar-refractivity contribution is 7.90. The first-order valence-corrected chi connectivity index (χ1v) is 9.07. The van der Waals surface area contributed by atoms with Crippen LogP contribution in [0.3, 0.4) is 0 Å². The van der Waals surface area contributed by atoms with Crippen LogP contribution in [0.15, 0.2) is 0 Å². The Morgan fingerprint density at radius 2 is 2.20 bits per heavy atom. The second-order valence-corrected chi connectivity index (χ2v) is 7.86. The fourth-order valence-electron chi connectivity index (χ4n) is 2.82. The van der Waals surface area contributed by atoms with Gasteiger partial charge in [0.05, 0.1) is 5.54 Å². The molecule has 2 atom stereocenters. The smallest absolute Gasteiger partial charge is 0.427 e. The van der Waals surface area contributed by atoms with Gasteiger partial charge in [-0.2, -0.15) is 12.7 Å². The quantitative estimate of drug-likeness (QED) is 0.235. The van der Waals surface area contributed by atoms with Crippen molar-refractivity contribution in [3.8, 4) is 0 Å². The van der Waals surface area contributed by atoms with E-state index < -0.39 is 28.8 Å². The molecule has 1 aromatic heterocycles. The minimum Gasteiger partial charge on any atom is -0.427 e. The van der Waals surface area contributed by atoms with Crippen LogP contribution >= 0.6 is 0 Å². The lowest BCUT2D eigenvalue weighted by Crippen LogP contribution is -2.50. The maximum absolute atomic E-state index is 12.6. The Balaban J connectivity index is 2.12. The Labute approximate surface area is 145 Å². The number of hydrogen-bond donors (Lipinski definition) is 5. The van der Waals surface area contributed by atoms with Crippen LogP contribution in [0.4, 0.5) is 11.6 Å². The predicted molar refractivity (Wildman–Crippen MR) is 90.2 cm³/mol. The van der Waals surface area contributed by atoms with Gasteiger partial charge < -0.3 is 26.3 Å². The molecule has 0 bridgehead atoms. The monoisotopic (exact) mass is 375 g/mol. The fraction of sp³-hybridized carbons (Fsp3) is 0.727. The van der Waals surface area contributed by atoms with E-state index in [0.29, 0.717) is 19.1 Å². The molecule has 1 aliphatic heterocycles. The van der Waals surface area contributed by atoms with Crippen LogP contribution in [0.25, 0.3) is 0 Å². The second-order valence-electron chi connectivity index (χ2n) is 6.19. The highest BCUT2D eigenvalue weighted by atomic mass is 32.2. The average Bonchev–Trinajstić information content (AvgIpc) is 3.03. The second kappa shape index (κ2) is 7.25. The van der Waals surface area contributed by atoms with Crippen molar-refractivity contribution >= 4 is 35.2 Å². The number of nitrogen functional groups attached to an aromatic ring is 1. The summed E-state index contributed by atoms with van der Waals surface area (Å²) in [5, 5.41) is 25.0. The molecule has 7 N–H and O–H groups in total. The SMILES string of the molecule is Cn1nnc(N)c1NS(=O)(=O)N1C[C@H](CCCB(O)O)[C@](N)(C=O)C1. The summed E-state index contributed by atoms with van der Waals surface area (Å²) < 4.78 is 29.7. The molecule has 0 saturated carbocycles. The van der Waals surface area contributed by atoms with E-state index in [4.69, 9.17) is 21.5 Å². The van der Waals surface area contributed by atoms with Gasteiger partial charge in [-0.05, 0) is 18.7 Å². The number of carbonyl (C=O) groups excluding carboxylic acids is 1. The molecule has 1 aliphatic rings. The number of nitrogens with one attached hydrogen (secondary N) is 1. The number of aromatic nitrogens is 3. The van der Waals surface area contributed by atoms with Gasteiger partial charge in [-0.3, -0.25) is 4.72 Å². The van der Waals surface area contributed by atoms with Crippen molar-refractivity contribution in [2.24, 2.45) is 18.7 Å². The lowest BCUT2D eigenvalue weighted by Gasteiger charge is -2.23. The summed E-state index contributed by atoms with van der Waals surface area (Å²) >= 11 is 0. The van der Waals surface area contributed by atoms with Gasteiger partial charge in [-0.25, -0.2) is 4.68 Å². The standard InChI is InChI=1S/C11H22BN7O5S/c1-18-10(9(13)15-17-18)16-25(23,24)19-5-8(3-2-4-12(21)22)11(14,6-19)7-20/h7-8,16,21-22H,2-6,13-14H2,1H3/t8-,11+/m0/s1. The Morgan fingerprint density at radius 1 is 1.52 bits per heavy atom. The molecule has 1 saturated heterocycles. The minimum absolute atomic E-state index is 0.0144. The first-order valence-electron chi connectivity index (χ1n) is 7.63. The highest BCUT2D eigenvalue weighted by Crippen LogP contribution is 2.31. The zero-order valence-corrected chi connectivity index (χ0v) is 14.6. The van der Waals surface area contributed by atoms with Gasteiger partial charge in [0.25, 0.3) is 0 Å². The van der Waals surface area contributed by atoms with Crippen molar-refractivity contribution < 1.29 is 23.3 Å². The fourth-order valence-corrected chi connectivity index (χ4v) is 4.20. The van der Waals surface area contributed by atoms with E-state index >= 15 is 0 Å². The Bertz CT molecular complexity index is 707. The van der Waals surface area contributed by atoms with Crippen LogP contribution in [-0.2, 0) is 22.1 Å². The molecule has 140 valence electrons. The maximum Gasteiger partial charge on any atom is 0.451 e. The van der Waals surface area contributed by atoms with Crippen LogP contribution in [0.5, 0.6) is 0 Å². The number of aryl methyl sites for hydroxylation is 1. The number of anilines is 2. The van der Waals surface area contributed by atoms with Gasteiger partial charge in [0.2, 0.25) is 0 Å². The molecule has 0 spiro atoms. The van der Waals surface area contributed by atoms with E-state index in [0.717, 1.165) is 4.31 Å². The number of aldehydes is 1. The molecule has 0 radical (unpaired) electrons. The van der Waals surface area contributed by atoms with Crippen molar-refractivity contribution in [1.82, 2.24) is 19.3 Å². The molecule has 14 heteroatoms. The van der Waals surface area contributed by atoms with Crippen LogP contribution in [-0.4, -0.2) is 69.8 Å². The van der Waals surface area contributed by atoms with Crippen LogP contribution in [0.2, 0.25) is 6.32 Å². The van der Waals surface area contributed by atoms with Crippen molar-refractivity contribution in [3.05, 3.63) is 0 Å². The number of nitrogens with zero attached hydrogens (tertiary/aromatic N) is 4. The molecular weight excluding hydrogens is 353 g/mol. The first-order chi connectivity index (χ1) is 11.6. The Hall–Kier alpha value is -1.74.